The Labute approximate surface area is 89.1 Å². The summed E-state index contributed by atoms with van der Waals surface area (Å²) in [5.74, 6) is 0.566. The average molecular weight is 192 g/mol. The summed E-state index contributed by atoms with van der Waals surface area (Å²) in [6.45, 7) is 15.4. The maximum atomic E-state index is 4.25. The molecule has 0 amide bonds. The average Bonchev–Trinajstić information content (AvgIpc) is 2.02. The Bertz CT molecular complexity index is 232. The van der Waals surface area contributed by atoms with Crippen molar-refractivity contribution in [3.8, 4) is 0 Å². The van der Waals surface area contributed by atoms with Crippen LogP contribution < -0.4 is 0 Å². The van der Waals surface area contributed by atoms with E-state index in [2.05, 4.69) is 33.9 Å². The van der Waals surface area contributed by atoms with Crippen molar-refractivity contribution in [2.45, 2.75) is 52.9 Å². The van der Waals surface area contributed by atoms with E-state index in [0.717, 1.165) is 6.42 Å². The van der Waals surface area contributed by atoms with Crippen LogP contribution in [0, 0.1) is 11.3 Å². The molecule has 1 rings (SSSR count). The van der Waals surface area contributed by atoms with Crippen LogP contribution in [0.25, 0.3) is 0 Å². The van der Waals surface area contributed by atoms with Crippen molar-refractivity contribution in [3.63, 3.8) is 0 Å². The van der Waals surface area contributed by atoms with Crippen LogP contribution in [0.1, 0.15) is 52.9 Å². The number of allylic oxidation sites excluding steroid dienone is 2. The summed E-state index contributed by atoms with van der Waals surface area (Å²) in [5, 5.41) is 0. The van der Waals surface area contributed by atoms with E-state index in [0.29, 0.717) is 11.3 Å². The molecule has 0 heteroatoms. The smallest absolute Gasteiger partial charge is 0.00528 e. The quantitative estimate of drug-likeness (QED) is 0.567. The SMILES string of the molecule is C=C(CCC)C1C(=C)CCCC1(C)C. The first-order valence-electron chi connectivity index (χ1n) is 5.84. The molecule has 0 aromatic heterocycles. The van der Waals surface area contributed by atoms with Crippen molar-refractivity contribution < 1.29 is 0 Å². The maximum absolute atomic E-state index is 4.25. The molecule has 0 saturated heterocycles. The van der Waals surface area contributed by atoms with Crippen LogP contribution in [0.4, 0.5) is 0 Å². The first-order chi connectivity index (χ1) is 6.49. The topological polar surface area (TPSA) is 0 Å². The zero-order valence-corrected chi connectivity index (χ0v) is 10.0. The van der Waals surface area contributed by atoms with Gasteiger partial charge in [-0.2, -0.15) is 0 Å². The number of hydrogen-bond donors (Lipinski definition) is 0. The van der Waals surface area contributed by atoms with Gasteiger partial charge in [0.2, 0.25) is 0 Å². The fraction of sp³-hybridized carbons (Fsp3) is 0.714. The molecule has 0 aromatic carbocycles. The zero-order chi connectivity index (χ0) is 10.8. The molecule has 0 aromatic rings. The van der Waals surface area contributed by atoms with Gasteiger partial charge in [0.15, 0.2) is 0 Å². The van der Waals surface area contributed by atoms with E-state index in [1.54, 1.807) is 0 Å². The molecule has 1 aliphatic carbocycles. The summed E-state index contributed by atoms with van der Waals surface area (Å²) in [7, 11) is 0. The van der Waals surface area contributed by atoms with Crippen LogP contribution in [-0.2, 0) is 0 Å². The third kappa shape index (κ3) is 2.29. The number of hydrogen-bond acceptors (Lipinski definition) is 0. The molecule has 14 heavy (non-hydrogen) atoms. The van der Waals surface area contributed by atoms with Crippen LogP contribution in [0.15, 0.2) is 24.3 Å². The standard InChI is InChI=1S/C14H24/c1-6-8-11(2)13-12(3)9-7-10-14(13,4)5/h13H,2-3,6-10H2,1,4-5H3. The molecule has 1 atom stereocenters. The molecule has 0 spiro atoms. The molecule has 0 bridgehead atoms. The Morgan fingerprint density at radius 2 is 2.14 bits per heavy atom. The van der Waals surface area contributed by atoms with Crippen LogP contribution in [0.2, 0.25) is 0 Å². The summed E-state index contributed by atoms with van der Waals surface area (Å²) in [6.07, 6.45) is 6.20. The summed E-state index contributed by atoms with van der Waals surface area (Å²) in [4.78, 5) is 0. The van der Waals surface area contributed by atoms with Crippen LogP contribution in [0.3, 0.4) is 0 Å². The largest absolute Gasteiger partial charge is 0.0992 e. The van der Waals surface area contributed by atoms with E-state index in [-0.39, 0.29) is 0 Å². The van der Waals surface area contributed by atoms with Gasteiger partial charge in [0.1, 0.15) is 0 Å². The van der Waals surface area contributed by atoms with Crippen molar-refractivity contribution in [2.24, 2.45) is 11.3 Å². The van der Waals surface area contributed by atoms with E-state index in [1.165, 1.54) is 36.8 Å². The first-order valence-corrected chi connectivity index (χ1v) is 5.84. The lowest BCUT2D eigenvalue weighted by Crippen LogP contribution is -2.30. The fourth-order valence-corrected chi connectivity index (χ4v) is 2.92. The lowest BCUT2D eigenvalue weighted by atomic mass is 9.63. The summed E-state index contributed by atoms with van der Waals surface area (Å²) in [5.41, 5.74) is 3.21. The maximum Gasteiger partial charge on any atom is 0.00528 e. The zero-order valence-electron chi connectivity index (χ0n) is 10.0. The van der Waals surface area contributed by atoms with Crippen LogP contribution in [-0.4, -0.2) is 0 Å². The minimum absolute atomic E-state index is 0.390. The highest BCUT2D eigenvalue weighted by Gasteiger charge is 2.35. The summed E-state index contributed by atoms with van der Waals surface area (Å²) in [6, 6.07) is 0. The van der Waals surface area contributed by atoms with Gasteiger partial charge < -0.3 is 0 Å². The molecule has 0 N–H and O–H groups in total. The molecule has 1 fully saturated rings. The van der Waals surface area contributed by atoms with E-state index in [4.69, 9.17) is 0 Å². The molecule has 1 saturated carbocycles. The fourth-order valence-electron chi connectivity index (χ4n) is 2.92. The van der Waals surface area contributed by atoms with Crippen LogP contribution in [0.5, 0.6) is 0 Å². The second-order valence-corrected chi connectivity index (χ2v) is 5.34. The highest BCUT2D eigenvalue weighted by atomic mass is 14.4. The molecule has 1 aliphatic rings. The van der Waals surface area contributed by atoms with Gasteiger partial charge in [-0.15, -0.1) is 0 Å². The van der Waals surface area contributed by atoms with Gasteiger partial charge in [-0.05, 0) is 31.1 Å². The Morgan fingerprint density at radius 3 is 2.64 bits per heavy atom. The molecule has 0 nitrogen and oxygen atoms in total. The molecule has 0 heterocycles. The van der Waals surface area contributed by atoms with Crippen molar-refractivity contribution in [3.05, 3.63) is 24.3 Å². The van der Waals surface area contributed by atoms with Gasteiger partial charge in [0.25, 0.3) is 0 Å². The van der Waals surface area contributed by atoms with Gasteiger partial charge in [-0.25, -0.2) is 0 Å². The van der Waals surface area contributed by atoms with Gasteiger partial charge in [-0.3, -0.25) is 0 Å². The highest BCUT2D eigenvalue weighted by Crippen LogP contribution is 2.47. The first kappa shape index (κ1) is 11.6. The molecular formula is C14H24. The van der Waals surface area contributed by atoms with Crippen molar-refractivity contribution in [1.29, 1.82) is 0 Å². The predicted molar refractivity (Wildman–Crippen MR) is 64.3 cm³/mol. The van der Waals surface area contributed by atoms with Crippen molar-refractivity contribution in [1.82, 2.24) is 0 Å². The predicted octanol–water partition coefficient (Wildman–Crippen LogP) is 4.73. The Kier molecular flexibility index (Phi) is 3.58. The lowest BCUT2D eigenvalue weighted by molar-refractivity contribution is 0.215. The molecule has 0 radical (unpaired) electrons. The second kappa shape index (κ2) is 4.33. The van der Waals surface area contributed by atoms with Crippen molar-refractivity contribution >= 4 is 0 Å². The van der Waals surface area contributed by atoms with E-state index in [1.807, 2.05) is 0 Å². The second-order valence-electron chi connectivity index (χ2n) is 5.34. The molecule has 1 unspecified atom stereocenters. The minimum Gasteiger partial charge on any atom is -0.0992 e. The summed E-state index contributed by atoms with van der Waals surface area (Å²) >= 11 is 0. The van der Waals surface area contributed by atoms with Crippen LogP contribution >= 0.6 is 0 Å². The Balaban J connectivity index is 2.79. The third-order valence-electron chi connectivity index (χ3n) is 3.49. The minimum atomic E-state index is 0.390. The van der Waals surface area contributed by atoms with E-state index >= 15 is 0 Å². The van der Waals surface area contributed by atoms with E-state index < -0.39 is 0 Å². The Morgan fingerprint density at radius 1 is 1.50 bits per heavy atom. The molecular weight excluding hydrogens is 168 g/mol. The monoisotopic (exact) mass is 192 g/mol. The van der Waals surface area contributed by atoms with Gasteiger partial charge in [-0.1, -0.05) is 51.5 Å². The summed E-state index contributed by atoms with van der Waals surface area (Å²) < 4.78 is 0. The van der Waals surface area contributed by atoms with Gasteiger partial charge in [0.05, 0.1) is 0 Å². The van der Waals surface area contributed by atoms with E-state index in [9.17, 15) is 0 Å². The van der Waals surface area contributed by atoms with Gasteiger partial charge >= 0.3 is 0 Å². The van der Waals surface area contributed by atoms with Gasteiger partial charge in [0, 0.05) is 5.92 Å². The Hall–Kier alpha value is -0.520. The molecule has 0 aliphatic heterocycles. The normalized spacial score (nSPS) is 26.2. The third-order valence-corrected chi connectivity index (χ3v) is 3.49. The highest BCUT2D eigenvalue weighted by molar-refractivity contribution is 5.22. The number of rotatable bonds is 3. The molecule has 80 valence electrons. The lowest BCUT2D eigenvalue weighted by Gasteiger charge is -2.41. The van der Waals surface area contributed by atoms with Crippen molar-refractivity contribution in [2.75, 3.05) is 0 Å².